The normalized spacial score (nSPS) is 15.8. The van der Waals surface area contributed by atoms with Crippen molar-refractivity contribution in [2.45, 2.75) is 38.9 Å². The Hall–Kier alpha value is -3.61. The number of alkyl halides is 1. The van der Waals surface area contributed by atoms with Gasteiger partial charge >= 0.3 is 0 Å². The smallest absolute Gasteiger partial charge is 0.181 e. The van der Waals surface area contributed by atoms with E-state index in [-0.39, 0.29) is 5.69 Å². The summed E-state index contributed by atoms with van der Waals surface area (Å²) in [6, 6.07) is 5.19. The zero-order valence-electron chi connectivity index (χ0n) is 21.0. The highest BCUT2D eigenvalue weighted by Crippen LogP contribution is 2.32. The van der Waals surface area contributed by atoms with Gasteiger partial charge in [0.05, 0.1) is 29.2 Å². The third-order valence-corrected chi connectivity index (χ3v) is 6.61. The Morgan fingerprint density at radius 1 is 1.03 bits per heavy atom. The number of piperazine rings is 1. The van der Waals surface area contributed by atoms with Crippen LogP contribution in [-0.4, -0.2) is 71.6 Å². The van der Waals surface area contributed by atoms with Gasteiger partial charge in [0.2, 0.25) is 0 Å². The first kappa shape index (κ1) is 26.0. The largest absolute Gasteiger partial charge is 0.387 e. The average Bonchev–Trinajstić information content (AvgIpc) is 3.38. The van der Waals surface area contributed by atoms with Gasteiger partial charge in [-0.2, -0.15) is 5.10 Å². The van der Waals surface area contributed by atoms with Gasteiger partial charge in [0.1, 0.15) is 28.9 Å². The molecule has 1 atom stereocenters. The maximum absolute atomic E-state index is 14.2. The highest BCUT2D eigenvalue weighted by Gasteiger charge is 2.29. The lowest BCUT2D eigenvalue weighted by Crippen LogP contribution is -2.46. The predicted molar refractivity (Wildman–Crippen MR) is 135 cm³/mol. The number of hydrogen-bond acceptors (Lipinski definition) is 8. The minimum atomic E-state index is -1.40. The van der Waals surface area contributed by atoms with Crippen molar-refractivity contribution in [3.8, 4) is 11.3 Å². The first-order valence-electron chi connectivity index (χ1n) is 12.2. The van der Waals surface area contributed by atoms with E-state index in [1.54, 1.807) is 12.3 Å². The summed E-state index contributed by atoms with van der Waals surface area (Å²) in [4.78, 5) is 18.0. The summed E-state index contributed by atoms with van der Waals surface area (Å²) in [5, 5.41) is 24.8. The fourth-order valence-electron chi connectivity index (χ4n) is 4.45. The predicted octanol–water partition coefficient (Wildman–Crippen LogP) is 3.22. The maximum atomic E-state index is 14.2. The van der Waals surface area contributed by atoms with Gasteiger partial charge in [0.15, 0.2) is 12.6 Å². The van der Waals surface area contributed by atoms with Crippen LogP contribution in [0.1, 0.15) is 31.2 Å². The molecule has 9 nitrogen and oxygen atoms in total. The van der Waals surface area contributed by atoms with E-state index in [4.69, 9.17) is 9.97 Å². The van der Waals surface area contributed by atoms with Gasteiger partial charge in [-0.05, 0) is 26.0 Å². The molecule has 1 fully saturated rings. The second kappa shape index (κ2) is 10.3. The molecular weight excluding hydrogens is 499 g/mol. The van der Waals surface area contributed by atoms with Crippen LogP contribution in [0.5, 0.6) is 0 Å². The van der Waals surface area contributed by atoms with E-state index >= 15 is 0 Å². The first-order valence-corrected chi connectivity index (χ1v) is 12.2. The van der Waals surface area contributed by atoms with E-state index in [2.05, 4.69) is 15.0 Å². The minimum Gasteiger partial charge on any atom is -0.387 e. The van der Waals surface area contributed by atoms with Crippen molar-refractivity contribution in [3.63, 3.8) is 0 Å². The minimum absolute atomic E-state index is 0.259. The highest BCUT2D eigenvalue weighted by atomic mass is 19.1. The lowest BCUT2D eigenvalue weighted by Gasteiger charge is -2.36. The van der Waals surface area contributed by atoms with Gasteiger partial charge in [-0.1, -0.05) is 6.07 Å². The number of pyridine rings is 1. The molecule has 0 unspecified atom stereocenters. The van der Waals surface area contributed by atoms with Crippen molar-refractivity contribution in [3.05, 3.63) is 65.7 Å². The van der Waals surface area contributed by atoms with Gasteiger partial charge < -0.3 is 15.1 Å². The van der Waals surface area contributed by atoms with Crippen molar-refractivity contribution in [1.29, 1.82) is 0 Å². The maximum Gasteiger partial charge on any atom is 0.181 e. The molecule has 5 rings (SSSR count). The van der Waals surface area contributed by atoms with Gasteiger partial charge in [0.25, 0.3) is 0 Å². The molecule has 2 N–H and O–H groups in total. The van der Waals surface area contributed by atoms with Crippen LogP contribution in [0.15, 0.2) is 42.9 Å². The molecule has 4 heterocycles. The summed E-state index contributed by atoms with van der Waals surface area (Å²) in [6.45, 7) is 4.84. The summed E-state index contributed by atoms with van der Waals surface area (Å²) >= 11 is 0. The van der Waals surface area contributed by atoms with Crippen LogP contribution < -0.4 is 4.90 Å². The Morgan fingerprint density at radius 2 is 1.79 bits per heavy atom. The third-order valence-electron chi connectivity index (χ3n) is 6.61. The molecule has 0 amide bonds. The highest BCUT2D eigenvalue weighted by molar-refractivity contribution is 5.83. The van der Waals surface area contributed by atoms with Crippen molar-refractivity contribution in [2.75, 3.05) is 31.1 Å². The van der Waals surface area contributed by atoms with E-state index in [9.17, 15) is 23.4 Å². The summed E-state index contributed by atoms with van der Waals surface area (Å²) in [7, 11) is 0. The van der Waals surface area contributed by atoms with Crippen LogP contribution in [0.3, 0.4) is 0 Å². The molecule has 1 aliphatic heterocycles. The van der Waals surface area contributed by atoms with Crippen molar-refractivity contribution >= 4 is 16.9 Å². The summed E-state index contributed by atoms with van der Waals surface area (Å²) in [5.74, 6) is -0.626. The standard InChI is InChI=1S/C26H28F3N7O2/c1-26(2,38)24(37)21-10-20-22(12-30-21)32-23(17-11-31-36(14-17)15-27)25(33-20)35-7-5-34(6-8-35)13-16-3-4-18(28)9-19(16)29/h3-4,9-12,14,24,37-38H,5-8,13,15H2,1-2H3/t24-/m1/s1. The number of rotatable bonds is 7. The Morgan fingerprint density at radius 3 is 2.45 bits per heavy atom. The number of benzene rings is 1. The summed E-state index contributed by atoms with van der Waals surface area (Å²) < 4.78 is 41.8. The van der Waals surface area contributed by atoms with Gasteiger partial charge in [-0.15, -0.1) is 0 Å². The molecule has 12 heteroatoms. The molecule has 38 heavy (non-hydrogen) atoms. The Bertz CT molecular complexity index is 1450. The number of anilines is 1. The molecule has 3 aromatic heterocycles. The van der Waals surface area contributed by atoms with E-state index in [0.29, 0.717) is 66.4 Å². The molecular formula is C26H28F3N7O2. The molecule has 1 saturated heterocycles. The number of aliphatic hydroxyl groups excluding tert-OH is 1. The summed E-state index contributed by atoms with van der Waals surface area (Å²) in [6.07, 6.45) is 3.32. The number of nitrogens with zero attached hydrogens (tertiary/aromatic N) is 7. The lowest BCUT2D eigenvalue weighted by molar-refractivity contribution is -0.0516. The molecule has 0 aliphatic carbocycles. The first-order chi connectivity index (χ1) is 18.1. The van der Waals surface area contributed by atoms with Crippen LogP contribution in [0, 0.1) is 11.6 Å². The Balaban J connectivity index is 1.46. The topological polar surface area (TPSA) is 103 Å². The third kappa shape index (κ3) is 5.33. The van der Waals surface area contributed by atoms with Crippen LogP contribution in [-0.2, 0) is 13.3 Å². The second-order valence-electron chi connectivity index (χ2n) is 9.94. The van der Waals surface area contributed by atoms with Gasteiger partial charge in [-0.25, -0.2) is 27.8 Å². The molecule has 0 saturated carbocycles. The fourth-order valence-corrected chi connectivity index (χ4v) is 4.45. The van der Waals surface area contributed by atoms with Crippen LogP contribution in [0.2, 0.25) is 0 Å². The van der Waals surface area contributed by atoms with E-state index < -0.39 is 30.1 Å². The molecule has 1 aromatic carbocycles. The van der Waals surface area contributed by atoms with Crippen molar-refractivity contribution in [1.82, 2.24) is 29.6 Å². The van der Waals surface area contributed by atoms with Gasteiger partial charge in [0, 0.05) is 56.1 Å². The van der Waals surface area contributed by atoms with Crippen LogP contribution in [0.25, 0.3) is 22.3 Å². The number of fused-ring (bicyclic) bond motifs is 1. The number of aromatic nitrogens is 5. The molecule has 200 valence electrons. The quantitative estimate of drug-likeness (QED) is 0.378. The zero-order chi connectivity index (χ0) is 27.0. The van der Waals surface area contributed by atoms with E-state index in [1.165, 1.54) is 38.4 Å². The Kier molecular flexibility index (Phi) is 7.03. The summed E-state index contributed by atoms with van der Waals surface area (Å²) in [5.41, 5.74) is 1.32. The molecule has 0 radical (unpaired) electrons. The Labute approximate surface area is 217 Å². The molecule has 4 aromatic rings. The molecule has 1 aliphatic rings. The van der Waals surface area contributed by atoms with E-state index in [0.717, 1.165) is 10.7 Å². The monoisotopic (exact) mass is 527 g/mol. The average molecular weight is 528 g/mol. The zero-order valence-corrected chi connectivity index (χ0v) is 21.0. The van der Waals surface area contributed by atoms with Crippen molar-refractivity contribution in [2.24, 2.45) is 0 Å². The fraction of sp³-hybridized carbons (Fsp3) is 0.385. The van der Waals surface area contributed by atoms with Crippen molar-refractivity contribution < 1.29 is 23.4 Å². The van der Waals surface area contributed by atoms with Crippen LogP contribution in [0.4, 0.5) is 19.0 Å². The lowest BCUT2D eigenvalue weighted by atomic mass is 9.98. The number of hydrogen-bond donors (Lipinski definition) is 2. The van der Waals surface area contributed by atoms with Gasteiger partial charge in [-0.3, -0.25) is 9.88 Å². The number of halogens is 3. The second-order valence-corrected chi connectivity index (χ2v) is 9.94. The molecule has 0 bridgehead atoms. The van der Waals surface area contributed by atoms with E-state index in [1.807, 2.05) is 4.90 Å². The van der Waals surface area contributed by atoms with Crippen LogP contribution >= 0.6 is 0 Å². The number of aliphatic hydroxyl groups is 2. The SMILES string of the molecule is CC(C)(O)[C@H](O)c1cc2nc(N3CCN(Cc4ccc(F)cc4F)CC3)c(-c3cnn(CF)c3)nc2cn1. The molecule has 0 spiro atoms.